The Morgan fingerprint density at radius 2 is 2.08 bits per heavy atom. The van der Waals surface area contributed by atoms with Crippen LogP contribution in [-0.4, -0.2) is 4.98 Å². The van der Waals surface area contributed by atoms with Crippen molar-refractivity contribution in [3.63, 3.8) is 0 Å². The molecular weight excluding hydrogens is 203 g/mol. The largest absolute Gasteiger partial charge is 0.419 e. The van der Waals surface area contributed by atoms with Crippen LogP contribution in [0.15, 0.2) is 12.3 Å². The number of hydrogen-bond acceptors (Lipinski definition) is 1. The topological polar surface area (TPSA) is 12.9 Å². The molecule has 0 spiro atoms. The predicted molar refractivity (Wildman–Crippen MR) is 42.2 cm³/mol. The lowest BCUT2D eigenvalue weighted by Crippen LogP contribution is -2.07. The van der Waals surface area contributed by atoms with Crippen molar-refractivity contribution < 1.29 is 13.2 Å². The summed E-state index contributed by atoms with van der Waals surface area (Å²) in [4.78, 5) is 3.32. The van der Waals surface area contributed by atoms with E-state index >= 15 is 0 Å². The number of terminal acetylenes is 1. The second-order valence-corrected chi connectivity index (χ2v) is 2.56. The summed E-state index contributed by atoms with van der Waals surface area (Å²) in [5, 5.41) is -0.591. The first-order valence-corrected chi connectivity index (χ1v) is 3.52. The number of pyridine rings is 1. The molecule has 13 heavy (non-hydrogen) atoms. The number of aromatic nitrogens is 1. The van der Waals surface area contributed by atoms with Crippen molar-refractivity contribution in [2.24, 2.45) is 0 Å². The molecule has 0 N–H and O–H groups in total. The molecule has 0 aromatic carbocycles. The molecule has 1 rings (SSSR count). The van der Waals surface area contributed by atoms with Gasteiger partial charge in [-0.25, -0.2) is 4.98 Å². The Kier molecular flexibility index (Phi) is 2.48. The molecule has 0 saturated carbocycles. The summed E-state index contributed by atoms with van der Waals surface area (Å²) in [7, 11) is 0. The van der Waals surface area contributed by atoms with Gasteiger partial charge >= 0.3 is 6.18 Å². The summed E-state index contributed by atoms with van der Waals surface area (Å²) in [5.74, 6) is 2.05. The van der Waals surface area contributed by atoms with Crippen LogP contribution in [0.3, 0.4) is 0 Å². The van der Waals surface area contributed by atoms with Crippen molar-refractivity contribution >= 4 is 11.6 Å². The SMILES string of the molecule is C#Cc1cnc(Cl)c(C(F)(F)F)c1. The molecule has 1 nitrogen and oxygen atoms in total. The van der Waals surface area contributed by atoms with Gasteiger partial charge in [0.05, 0.1) is 5.56 Å². The number of halogens is 4. The molecule has 1 aromatic heterocycles. The molecule has 68 valence electrons. The molecule has 0 aliphatic carbocycles. The minimum absolute atomic E-state index is 0.0525. The molecule has 1 heterocycles. The van der Waals surface area contributed by atoms with Crippen LogP contribution < -0.4 is 0 Å². The first kappa shape index (κ1) is 9.87. The number of alkyl halides is 3. The molecule has 0 bridgehead atoms. The third kappa shape index (κ3) is 2.13. The highest BCUT2D eigenvalue weighted by atomic mass is 35.5. The van der Waals surface area contributed by atoms with Gasteiger partial charge in [0.25, 0.3) is 0 Å². The fourth-order valence-corrected chi connectivity index (χ4v) is 0.936. The molecule has 0 aliphatic rings. The molecule has 0 atom stereocenters. The zero-order valence-electron chi connectivity index (χ0n) is 6.19. The molecule has 0 saturated heterocycles. The molecular formula is C8H3ClF3N. The van der Waals surface area contributed by atoms with Crippen molar-refractivity contribution in [2.45, 2.75) is 6.18 Å². The molecule has 0 fully saturated rings. The normalized spacial score (nSPS) is 11.0. The van der Waals surface area contributed by atoms with E-state index in [0.717, 1.165) is 12.3 Å². The maximum absolute atomic E-state index is 12.2. The van der Waals surface area contributed by atoms with Crippen molar-refractivity contribution in [3.8, 4) is 12.3 Å². The number of nitrogens with zero attached hydrogens (tertiary/aromatic N) is 1. The molecule has 0 aliphatic heterocycles. The molecule has 5 heteroatoms. The van der Waals surface area contributed by atoms with Crippen molar-refractivity contribution in [1.29, 1.82) is 0 Å². The third-order valence-electron chi connectivity index (χ3n) is 1.31. The van der Waals surface area contributed by atoms with Gasteiger partial charge in [0, 0.05) is 11.8 Å². The fourth-order valence-electron chi connectivity index (χ4n) is 0.726. The third-order valence-corrected chi connectivity index (χ3v) is 1.61. The van der Waals surface area contributed by atoms with Crippen LogP contribution in [0.4, 0.5) is 13.2 Å². The Hall–Kier alpha value is -1.21. The van der Waals surface area contributed by atoms with Crippen LogP contribution in [0.1, 0.15) is 11.1 Å². The lowest BCUT2D eigenvalue weighted by molar-refractivity contribution is -0.137. The zero-order chi connectivity index (χ0) is 10.1. The van der Waals surface area contributed by atoms with Crippen molar-refractivity contribution in [2.75, 3.05) is 0 Å². The quantitative estimate of drug-likeness (QED) is 0.469. The van der Waals surface area contributed by atoms with Gasteiger partial charge in [-0.3, -0.25) is 0 Å². The van der Waals surface area contributed by atoms with Crippen LogP contribution in [0, 0.1) is 12.3 Å². The average Bonchev–Trinajstić information content (AvgIpc) is 2.03. The number of hydrogen-bond donors (Lipinski definition) is 0. The van der Waals surface area contributed by atoms with E-state index in [9.17, 15) is 13.2 Å². The van der Waals surface area contributed by atoms with E-state index in [1.165, 1.54) is 0 Å². The van der Waals surface area contributed by atoms with Crippen molar-refractivity contribution in [1.82, 2.24) is 4.98 Å². The van der Waals surface area contributed by atoms with Crippen LogP contribution in [0.25, 0.3) is 0 Å². The number of rotatable bonds is 0. The fraction of sp³-hybridized carbons (Fsp3) is 0.125. The monoisotopic (exact) mass is 205 g/mol. The minimum Gasteiger partial charge on any atom is -0.243 e. The summed E-state index contributed by atoms with van der Waals surface area (Å²) in [6.07, 6.45) is 1.50. The lowest BCUT2D eigenvalue weighted by Gasteiger charge is -2.07. The van der Waals surface area contributed by atoms with E-state index in [2.05, 4.69) is 4.98 Å². The Bertz CT molecular complexity index is 365. The summed E-state index contributed by atoms with van der Waals surface area (Å²) in [5.41, 5.74) is -0.957. The molecule has 0 unspecified atom stereocenters. The Balaban J connectivity index is 3.29. The van der Waals surface area contributed by atoms with Crippen LogP contribution in [0.2, 0.25) is 5.15 Å². The van der Waals surface area contributed by atoms with Gasteiger partial charge < -0.3 is 0 Å². The molecule has 0 amide bonds. The van der Waals surface area contributed by atoms with Gasteiger partial charge in [0.2, 0.25) is 0 Å². The van der Waals surface area contributed by atoms with E-state index in [1.807, 2.05) is 5.92 Å². The van der Waals surface area contributed by atoms with E-state index in [1.54, 1.807) is 0 Å². The molecule has 0 radical (unpaired) electrons. The Labute approximate surface area is 77.5 Å². The highest BCUT2D eigenvalue weighted by Crippen LogP contribution is 2.33. The lowest BCUT2D eigenvalue weighted by atomic mass is 10.2. The van der Waals surface area contributed by atoms with Crippen LogP contribution >= 0.6 is 11.6 Å². The highest BCUT2D eigenvalue weighted by molar-refractivity contribution is 6.30. The summed E-state index contributed by atoms with van der Waals surface area (Å²) >= 11 is 5.24. The van der Waals surface area contributed by atoms with Gasteiger partial charge in [-0.1, -0.05) is 17.5 Å². The van der Waals surface area contributed by atoms with Gasteiger partial charge in [0.1, 0.15) is 5.15 Å². The maximum Gasteiger partial charge on any atom is 0.419 e. The van der Waals surface area contributed by atoms with E-state index in [-0.39, 0.29) is 5.56 Å². The van der Waals surface area contributed by atoms with Gasteiger partial charge in [-0.15, -0.1) is 6.42 Å². The standard InChI is InChI=1S/C8H3ClF3N/c1-2-5-3-6(8(10,11)12)7(9)13-4-5/h1,3-4H. The van der Waals surface area contributed by atoms with Crippen LogP contribution in [0.5, 0.6) is 0 Å². The molecule has 1 aromatic rings. The Morgan fingerprint density at radius 3 is 2.54 bits per heavy atom. The first-order chi connectivity index (χ1) is 5.95. The minimum atomic E-state index is -4.52. The summed E-state index contributed by atoms with van der Waals surface area (Å²) in [6, 6.07) is 0.787. The zero-order valence-corrected chi connectivity index (χ0v) is 6.95. The first-order valence-electron chi connectivity index (χ1n) is 3.14. The van der Waals surface area contributed by atoms with Gasteiger partial charge in [-0.05, 0) is 6.07 Å². The van der Waals surface area contributed by atoms with E-state index in [0.29, 0.717) is 0 Å². The second-order valence-electron chi connectivity index (χ2n) is 2.20. The second kappa shape index (κ2) is 3.27. The highest BCUT2D eigenvalue weighted by Gasteiger charge is 2.34. The van der Waals surface area contributed by atoms with E-state index < -0.39 is 16.9 Å². The summed E-state index contributed by atoms with van der Waals surface area (Å²) < 4.78 is 36.5. The summed E-state index contributed by atoms with van der Waals surface area (Å²) in [6.45, 7) is 0. The maximum atomic E-state index is 12.2. The van der Waals surface area contributed by atoms with Crippen LogP contribution in [-0.2, 0) is 6.18 Å². The smallest absolute Gasteiger partial charge is 0.243 e. The van der Waals surface area contributed by atoms with Crippen molar-refractivity contribution in [3.05, 3.63) is 28.5 Å². The van der Waals surface area contributed by atoms with Gasteiger partial charge in [-0.2, -0.15) is 13.2 Å². The average molecular weight is 206 g/mol. The van der Waals surface area contributed by atoms with E-state index in [4.69, 9.17) is 18.0 Å². The Morgan fingerprint density at radius 1 is 1.46 bits per heavy atom. The predicted octanol–water partition coefficient (Wildman–Crippen LogP) is 2.74. The van der Waals surface area contributed by atoms with Gasteiger partial charge in [0.15, 0.2) is 0 Å².